The minimum Gasteiger partial charge on any atom is -0.399 e. The molecule has 3 N–H and O–H groups in total. The van der Waals surface area contributed by atoms with Crippen LogP contribution in [0.1, 0.15) is 11.1 Å². The molecule has 2 rings (SSSR count). The number of hydrogen-bond acceptors (Lipinski definition) is 2. The number of benzene rings is 2. The lowest BCUT2D eigenvalue weighted by Gasteiger charge is -1.93. The minimum atomic E-state index is -1.84. The Kier molecular flexibility index (Phi) is 5.55. The van der Waals surface area contributed by atoms with Crippen molar-refractivity contribution in [1.82, 2.24) is 0 Å². The highest BCUT2D eigenvalue weighted by atomic mass is 32.2. The molecule has 3 nitrogen and oxygen atoms in total. The summed E-state index contributed by atoms with van der Waals surface area (Å²) < 4.78 is 19.0. The third kappa shape index (κ3) is 5.12. The molecule has 0 fully saturated rings. The smallest absolute Gasteiger partial charge is 0.186 e. The molecule has 1 unspecified atom stereocenters. The first kappa shape index (κ1) is 14.4. The predicted molar refractivity (Wildman–Crippen MR) is 75.8 cm³/mol. The molecule has 0 bridgehead atoms. The quantitative estimate of drug-likeness (QED) is 0.613. The lowest BCUT2D eigenvalue weighted by Crippen LogP contribution is -1.86. The van der Waals surface area contributed by atoms with E-state index in [1.165, 1.54) is 5.56 Å². The van der Waals surface area contributed by atoms with Crippen molar-refractivity contribution in [2.24, 2.45) is 0 Å². The van der Waals surface area contributed by atoms with Gasteiger partial charge in [-0.3, -0.25) is 0 Å². The van der Waals surface area contributed by atoms with Crippen molar-refractivity contribution in [3.8, 4) is 0 Å². The monoisotopic (exact) mass is 263 g/mol. The van der Waals surface area contributed by atoms with Gasteiger partial charge in [-0.15, -0.1) is 0 Å². The lowest BCUT2D eigenvalue weighted by molar-refractivity contribution is 0.564. The molecule has 18 heavy (non-hydrogen) atoms. The summed E-state index contributed by atoms with van der Waals surface area (Å²) in [7, 11) is 0. The topological polar surface area (TPSA) is 63.3 Å². The van der Waals surface area contributed by atoms with Crippen molar-refractivity contribution in [2.75, 3.05) is 5.73 Å². The van der Waals surface area contributed by atoms with Gasteiger partial charge in [-0.05, 0) is 38.1 Å². The van der Waals surface area contributed by atoms with E-state index in [-0.39, 0.29) is 0 Å². The normalized spacial score (nSPS) is 11.3. The summed E-state index contributed by atoms with van der Waals surface area (Å²) in [5.41, 5.74) is 8.60. The van der Waals surface area contributed by atoms with Crippen LogP contribution < -0.4 is 5.73 Å². The van der Waals surface area contributed by atoms with Crippen LogP contribution in [0.15, 0.2) is 53.4 Å². The average Bonchev–Trinajstić information content (AvgIpc) is 2.34. The van der Waals surface area contributed by atoms with Crippen LogP contribution in [0.25, 0.3) is 0 Å². The van der Waals surface area contributed by atoms with Gasteiger partial charge in [0, 0.05) is 5.69 Å². The van der Waals surface area contributed by atoms with Gasteiger partial charge in [0.1, 0.15) is 0 Å². The fourth-order valence-electron chi connectivity index (χ4n) is 1.22. The fourth-order valence-corrected chi connectivity index (χ4v) is 1.59. The van der Waals surface area contributed by atoms with Gasteiger partial charge in [-0.1, -0.05) is 35.4 Å². The standard InChI is InChI=1S/C7H9N.C7H8O2S/c1-6-2-4-7(8)5-3-6;1-6-2-4-7(5-3-6)10(8)9/h2-5H,8H2,1H3;2-5H,1H3,(H,8,9). The van der Waals surface area contributed by atoms with Crippen molar-refractivity contribution in [3.63, 3.8) is 0 Å². The van der Waals surface area contributed by atoms with Gasteiger partial charge in [-0.2, -0.15) is 0 Å². The maximum atomic E-state index is 10.4. The van der Waals surface area contributed by atoms with E-state index in [0.717, 1.165) is 11.3 Å². The van der Waals surface area contributed by atoms with Crippen molar-refractivity contribution >= 4 is 16.8 Å². The van der Waals surface area contributed by atoms with Gasteiger partial charge < -0.3 is 10.3 Å². The Bertz CT molecular complexity index is 485. The maximum Gasteiger partial charge on any atom is 0.186 e. The van der Waals surface area contributed by atoms with Gasteiger partial charge in [0.2, 0.25) is 0 Å². The average molecular weight is 263 g/mol. The summed E-state index contributed by atoms with van der Waals surface area (Å²) in [5.74, 6) is 0. The Morgan fingerprint density at radius 2 is 1.28 bits per heavy atom. The van der Waals surface area contributed by atoms with Crippen LogP contribution >= 0.6 is 0 Å². The second-order valence-corrected chi connectivity index (χ2v) is 4.94. The second-order valence-electron chi connectivity index (χ2n) is 3.97. The van der Waals surface area contributed by atoms with Crippen molar-refractivity contribution < 1.29 is 8.76 Å². The molecule has 0 aliphatic rings. The van der Waals surface area contributed by atoms with E-state index < -0.39 is 11.1 Å². The van der Waals surface area contributed by atoms with Gasteiger partial charge in [0.05, 0.1) is 4.90 Å². The zero-order valence-electron chi connectivity index (χ0n) is 10.5. The van der Waals surface area contributed by atoms with E-state index in [4.69, 9.17) is 10.3 Å². The highest BCUT2D eigenvalue weighted by molar-refractivity contribution is 7.79. The van der Waals surface area contributed by atoms with Crippen LogP contribution in [0.2, 0.25) is 0 Å². The Morgan fingerprint density at radius 3 is 1.61 bits per heavy atom. The Labute approximate surface area is 110 Å². The third-order valence-corrected chi connectivity index (χ3v) is 2.98. The molecule has 0 spiro atoms. The Morgan fingerprint density at radius 1 is 0.889 bits per heavy atom. The number of aryl methyl sites for hydroxylation is 2. The molecule has 0 aliphatic heterocycles. The van der Waals surface area contributed by atoms with E-state index in [0.29, 0.717) is 4.90 Å². The predicted octanol–water partition coefficient (Wildman–Crippen LogP) is 3.15. The number of nitrogens with two attached hydrogens (primary N) is 1. The molecule has 0 saturated heterocycles. The largest absolute Gasteiger partial charge is 0.399 e. The molecule has 0 aliphatic carbocycles. The molecule has 0 radical (unpaired) electrons. The summed E-state index contributed by atoms with van der Waals surface area (Å²) in [5, 5.41) is 0. The number of rotatable bonds is 1. The van der Waals surface area contributed by atoms with E-state index >= 15 is 0 Å². The second kappa shape index (κ2) is 6.93. The summed E-state index contributed by atoms with van der Waals surface area (Å²) in [6.45, 7) is 3.98. The first-order valence-electron chi connectivity index (χ1n) is 5.48. The van der Waals surface area contributed by atoms with E-state index in [9.17, 15) is 4.21 Å². The SMILES string of the molecule is Cc1ccc(N)cc1.Cc1ccc(S(=O)O)cc1. The summed E-state index contributed by atoms with van der Waals surface area (Å²) in [4.78, 5) is 0.450. The third-order valence-electron chi connectivity index (χ3n) is 2.30. The summed E-state index contributed by atoms with van der Waals surface area (Å²) >= 11 is -1.84. The van der Waals surface area contributed by atoms with Crippen LogP contribution in [0.4, 0.5) is 5.69 Å². The van der Waals surface area contributed by atoms with Crippen LogP contribution in [-0.4, -0.2) is 8.76 Å². The molecule has 0 aromatic heterocycles. The molecular formula is C14H17NO2S. The lowest BCUT2D eigenvalue weighted by atomic mass is 10.2. The highest BCUT2D eigenvalue weighted by Gasteiger charge is 1.95. The van der Waals surface area contributed by atoms with Gasteiger partial charge in [0.15, 0.2) is 11.1 Å². The molecule has 0 saturated carbocycles. The molecule has 4 heteroatoms. The van der Waals surface area contributed by atoms with E-state index in [2.05, 4.69) is 0 Å². The molecule has 1 atom stereocenters. The minimum absolute atomic E-state index is 0.450. The zero-order valence-corrected chi connectivity index (χ0v) is 11.3. The van der Waals surface area contributed by atoms with Crippen LogP contribution in [-0.2, 0) is 11.1 Å². The molecular weight excluding hydrogens is 246 g/mol. The Hall–Kier alpha value is -1.65. The van der Waals surface area contributed by atoms with Gasteiger partial charge in [0.25, 0.3) is 0 Å². The number of anilines is 1. The number of hydrogen-bond donors (Lipinski definition) is 2. The molecule has 2 aromatic rings. The summed E-state index contributed by atoms with van der Waals surface area (Å²) in [6.07, 6.45) is 0. The highest BCUT2D eigenvalue weighted by Crippen LogP contribution is 2.05. The van der Waals surface area contributed by atoms with E-state index in [1.54, 1.807) is 12.1 Å². The molecule has 96 valence electrons. The Balaban J connectivity index is 0.000000184. The van der Waals surface area contributed by atoms with Crippen LogP contribution in [0, 0.1) is 13.8 Å². The summed E-state index contributed by atoms with van der Waals surface area (Å²) in [6, 6.07) is 14.7. The first-order chi connectivity index (χ1) is 8.49. The van der Waals surface area contributed by atoms with Crippen LogP contribution in [0.3, 0.4) is 0 Å². The van der Waals surface area contributed by atoms with Crippen molar-refractivity contribution in [1.29, 1.82) is 0 Å². The zero-order chi connectivity index (χ0) is 13.5. The van der Waals surface area contributed by atoms with Crippen molar-refractivity contribution in [2.45, 2.75) is 18.7 Å². The number of nitrogen functional groups attached to an aromatic ring is 1. The first-order valence-corrected chi connectivity index (χ1v) is 6.59. The molecule has 0 amide bonds. The molecule has 0 heterocycles. The van der Waals surface area contributed by atoms with Crippen LogP contribution in [0.5, 0.6) is 0 Å². The van der Waals surface area contributed by atoms with E-state index in [1.807, 2.05) is 50.2 Å². The van der Waals surface area contributed by atoms with Gasteiger partial charge in [-0.25, -0.2) is 4.21 Å². The maximum absolute atomic E-state index is 10.4. The van der Waals surface area contributed by atoms with Gasteiger partial charge >= 0.3 is 0 Å². The van der Waals surface area contributed by atoms with Crippen molar-refractivity contribution in [3.05, 3.63) is 59.7 Å². The molecule has 2 aromatic carbocycles. The fraction of sp³-hybridized carbons (Fsp3) is 0.143.